The second kappa shape index (κ2) is 11.4. The fourth-order valence-electron chi connectivity index (χ4n) is 2.83. The Hall–Kier alpha value is -1.10. The van der Waals surface area contributed by atoms with Crippen LogP contribution < -0.4 is 5.73 Å². The van der Waals surface area contributed by atoms with Crippen LogP contribution in [0.2, 0.25) is 0 Å². The van der Waals surface area contributed by atoms with Crippen LogP contribution in [-0.4, -0.2) is 54.0 Å². The Morgan fingerprint density at radius 1 is 1.04 bits per heavy atom. The lowest BCUT2D eigenvalue weighted by Crippen LogP contribution is -2.48. The number of rotatable bonds is 9. The van der Waals surface area contributed by atoms with Crippen LogP contribution in [0, 0.1) is 0 Å². The SMILES string of the molecule is CC(C)N(C(=O)CN(CCN)CCc1ccccc1)C(C)C.Cl. The summed E-state index contributed by atoms with van der Waals surface area (Å²) in [5.74, 6) is 0.187. The molecule has 0 aliphatic rings. The minimum Gasteiger partial charge on any atom is -0.337 e. The number of hydrogen-bond donors (Lipinski definition) is 1. The summed E-state index contributed by atoms with van der Waals surface area (Å²) in [6, 6.07) is 10.8. The van der Waals surface area contributed by atoms with E-state index < -0.39 is 0 Å². The van der Waals surface area contributed by atoms with Gasteiger partial charge in [-0.15, -0.1) is 12.4 Å². The lowest BCUT2D eigenvalue weighted by Gasteiger charge is -2.33. The van der Waals surface area contributed by atoms with Gasteiger partial charge in [0.05, 0.1) is 6.54 Å². The maximum absolute atomic E-state index is 12.6. The van der Waals surface area contributed by atoms with E-state index in [1.807, 2.05) is 23.1 Å². The van der Waals surface area contributed by atoms with E-state index in [1.165, 1.54) is 5.56 Å². The van der Waals surface area contributed by atoms with Crippen molar-refractivity contribution in [2.24, 2.45) is 5.73 Å². The van der Waals surface area contributed by atoms with Crippen LogP contribution >= 0.6 is 12.4 Å². The average Bonchev–Trinajstić information content (AvgIpc) is 2.45. The highest BCUT2D eigenvalue weighted by Gasteiger charge is 2.21. The summed E-state index contributed by atoms with van der Waals surface area (Å²) in [4.78, 5) is 16.7. The molecule has 0 bridgehead atoms. The maximum atomic E-state index is 12.6. The molecular weight excluding hydrogens is 310 g/mol. The molecule has 0 aliphatic carbocycles. The minimum atomic E-state index is 0. The Morgan fingerprint density at radius 3 is 2.09 bits per heavy atom. The zero-order chi connectivity index (χ0) is 16.5. The third-order valence-electron chi connectivity index (χ3n) is 3.76. The fraction of sp³-hybridized carbons (Fsp3) is 0.611. The van der Waals surface area contributed by atoms with Gasteiger partial charge >= 0.3 is 0 Å². The number of nitrogens with zero attached hydrogens (tertiary/aromatic N) is 2. The molecule has 2 N–H and O–H groups in total. The molecule has 4 nitrogen and oxygen atoms in total. The van der Waals surface area contributed by atoms with Crippen molar-refractivity contribution in [1.29, 1.82) is 0 Å². The number of amides is 1. The molecule has 23 heavy (non-hydrogen) atoms. The molecule has 0 aliphatic heterocycles. The predicted molar refractivity (Wildman–Crippen MR) is 100 cm³/mol. The molecule has 0 fully saturated rings. The van der Waals surface area contributed by atoms with Crippen molar-refractivity contribution in [1.82, 2.24) is 9.80 Å². The normalized spacial score (nSPS) is 11.0. The maximum Gasteiger partial charge on any atom is 0.237 e. The highest BCUT2D eigenvalue weighted by molar-refractivity contribution is 5.85. The van der Waals surface area contributed by atoms with Gasteiger partial charge in [0.1, 0.15) is 0 Å². The van der Waals surface area contributed by atoms with Crippen LogP contribution in [0.3, 0.4) is 0 Å². The summed E-state index contributed by atoms with van der Waals surface area (Å²) in [6.45, 7) is 10.9. The molecule has 0 saturated heterocycles. The van der Waals surface area contributed by atoms with Crippen molar-refractivity contribution in [3.63, 3.8) is 0 Å². The van der Waals surface area contributed by atoms with E-state index in [0.29, 0.717) is 13.1 Å². The summed E-state index contributed by atoms with van der Waals surface area (Å²) >= 11 is 0. The second-order valence-corrected chi connectivity index (χ2v) is 6.29. The first kappa shape index (κ1) is 21.9. The Balaban J connectivity index is 0.00000484. The molecule has 132 valence electrons. The van der Waals surface area contributed by atoms with E-state index >= 15 is 0 Å². The van der Waals surface area contributed by atoms with E-state index in [-0.39, 0.29) is 30.4 Å². The van der Waals surface area contributed by atoms with Crippen molar-refractivity contribution in [2.75, 3.05) is 26.2 Å². The second-order valence-electron chi connectivity index (χ2n) is 6.29. The third kappa shape index (κ3) is 7.82. The van der Waals surface area contributed by atoms with Gasteiger partial charge in [0, 0.05) is 31.7 Å². The van der Waals surface area contributed by atoms with Crippen LogP contribution in [-0.2, 0) is 11.2 Å². The van der Waals surface area contributed by atoms with Gasteiger partial charge in [0.2, 0.25) is 5.91 Å². The van der Waals surface area contributed by atoms with Crippen LogP contribution in [0.15, 0.2) is 30.3 Å². The highest BCUT2D eigenvalue weighted by Crippen LogP contribution is 2.07. The van der Waals surface area contributed by atoms with Crippen molar-refractivity contribution in [3.8, 4) is 0 Å². The Morgan fingerprint density at radius 2 is 1.61 bits per heavy atom. The summed E-state index contributed by atoms with van der Waals surface area (Å²) in [7, 11) is 0. The van der Waals surface area contributed by atoms with Crippen molar-refractivity contribution >= 4 is 18.3 Å². The first-order valence-corrected chi connectivity index (χ1v) is 8.23. The summed E-state index contributed by atoms with van der Waals surface area (Å²) in [6.07, 6.45) is 0.942. The third-order valence-corrected chi connectivity index (χ3v) is 3.76. The number of benzene rings is 1. The molecule has 0 radical (unpaired) electrons. The zero-order valence-electron chi connectivity index (χ0n) is 14.9. The van der Waals surface area contributed by atoms with Gasteiger partial charge in [0.15, 0.2) is 0 Å². The van der Waals surface area contributed by atoms with Crippen LogP contribution in [0.4, 0.5) is 0 Å². The molecule has 0 spiro atoms. The molecule has 1 amide bonds. The molecule has 0 saturated carbocycles. The van der Waals surface area contributed by atoms with Gasteiger partial charge in [-0.3, -0.25) is 9.69 Å². The number of carbonyl (C=O) groups excluding carboxylic acids is 1. The predicted octanol–water partition coefficient (Wildman–Crippen LogP) is 2.56. The van der Waals surface area contributed by atoms with Crippen LogP contribution in [0.1, 0.15) is 33.3 Å². The smallest absolute Gasteiger partial charge is 0.237 e. The average molecular weight is 342 g/mol. The summed E-state index contributed by atoms with van der Waals surface area (Å²) in [5.41, 5.74) is 7.00. The van der Waals surface area contributed by atoms with Gasteiger partial charge in [-0.05, 0) is 39.7 Å². The Labute approximate surface area is 147 Å². The molecule has 0 aromatic heterocycles. The van der Waals surface area contributed by atoms with E-state index in [1.54, 1.807) is 0 Å². The number of hydrogen-bond acceptors (Lipinski definition) is 3. The molecule has 0 heterocycles. The Bertz CT molecular complexity index is 429. The highest BCUT2D eigenvalue weighted by atomic mass is 35.5. The number of halogens is 1. The molecule has 5 heteroatoms. The van der Waals surface area contributed by atoms with Crippen LogP contribution in [0.5, 0.6) is 0 Å². The van der Waals surface area contributed by atoms with E-state index in [9.17, 15) is 4.79 Å². The summed E-state index contributed by atoms with van der Waals surface area (Å²) in [5, 5.41) is 0. The largest absolute Gasteiger partial charge is 0.337 e. The van der Waals surface area contributed by atoms with Crippen molar-refractivity contribution in [2.45, 2.75) is 46.2 Å². The van der Waals surface area contributed by atoms with Gasteiger partial charge in [-0.1, -0.05) is 30.3 Å². The number of nitrogens with two attached hydrogens (primary N) is 1. The lowest BCUT2D eigenvalue weighted by molar-refractivity contribution is -0.136. The van der Waals surface area contributed by atoms with Gasteiger partial charge in [-0.2, -0.15) is 0 Å². The monoisotopic (exact) mass is 341 g/mol. The minimum absolute atomic E-state index is 0. The molecule has 0 unspecified atom stereocenters. The zero-order valence-corrected chi connectivity index (χ0v) is 15.7. The number of carbonyl (C=O) groups is 1. The first-order valence-electron chi connectivity index (χ1n) is 8.23. The van der Waals surface area contributed by atoms with E-state index in [2.05, 4.69) is 44.7 Å². The molecule has 1 rings (SSSR count). The van der Waals surface area contributed by atoms with Crippen LogP contribution in [0.25, 0.3) is 0 Å². The molecule has 0 atom stereocenters. The van der Waals surface area contributed by atoms with E-state index in [0.717, 1.165) is 19.5 Å². The van der Waals surface area contributed by atoms with E-state index in [4.69, 9.17) is 5.73 Å². The molecule has 1 aromatic rings. The van der Waals surface area contributed by atoms with Gasteiger partial charge < -0.3 is 10.6 Å². The quantitative estimate of drug-likeness (QED) is 0.751. The Kier molecular flexibility index (Phi) is 10.9. The van der Waals surface area contributed by atoms with Gasteiger partial charge in [-0.25, -0.2) is 0 Å². The molecular formula is C18H32ClN3O. The molecule has 1 aromatic carbocycles. The van der Waals surface area contributed by atoms with Crippen molar-refractivity contribution in [3.05, 3.63) is 35.9 Å². The lowest BCUT2D eigenvalue weighted by atomic mass is 10.1. The standard InChI is InChI=1S/C18H31N3O.ClH/c1-15(2)21(16(3)4)18(22)14-20(13-11-19)12-10-17-8-6-5-7-9-17;/h5-9,15-16H,10-14,19H2,1-4H3;1H. The van der Waals surface area contributed by atoms with Crippen molar-refractivity contribution < 1.29 is 4.79 Å². The van der Waals surface area contributed by atoms with Gasteiger partial charge in [0.25, 0.3) is 0 Å². The fourth-order valence-corrected chi connectivity index (χ4v) is 2.83. The topological polar surface area (TPSA) is 49.6 Å². The summed E-state index contributed by atoms with van der Waals surface area (Å²) < 4.78 is 0. The first-order chi connectivity index (χ1) is 10.5.